The van der Waals surface area contributed by atoms with Gasteiger partial charge in [0.25, 0.3) is 5.91 Å². The number of nitrogens with zero attached hydrogens (tertiary/aromatic N) is 2. The Morgan fingerprint density at radius 2 is 1.22 bits per heavy atom. The van der Waals surface area contributed by atoms with Gasteiger partial charge < -0.3 is 9.47 Å². The molecule has 188 valence electrons. The highest BCUT2D eigenvalue weighted by Crippen LogP contribution is 2.13. The van der Waals surface area contributed by atoms with Gasteiger partial charge in [-0.25, -0.2) is 5.43 Å². The summed E-state index contributed by atoms with van der Waals surface area (Å²) in [6.45, 7) is 5.71. The average molecular weight is 487 g/mol. The number of hydrazone groups is 2. The number of nitrogens with one attached hydrogen (secondary N) is 2. The molecule has 0 saturated carbocycles. The number of hydrogen-bond acceptors (Lipinski definition) is 6. The number of carbonyl (C=O) groups is 1. The largest absolute Gasteiger partial charge is 0.494 e. The first-order valence-corrected chi connectivity index (χ1v) is 12.4. The zero-order chi connectivity index (χ0) is 25.4. The lowest BCUT2D eigenvalue weighted by atomic mass is 10.2. The summed E-state index contributed by atoms with van der Waals surface area (Å²) < 4.78 is 11.3. The summed E-state index contributed by atoms with van der Waals surface area (Å²) in [5.74, 6) is 1.40. The fraction of sp³-hybridized carbons (Fsp3) is 0.276. The van der Waals surface area contributed by atoms with Gasteiger partial charge in [0.1, 0.15) is 11.5 Å². The highest BCUT2D eigenvalue weighted by atomic mass is 16.5. The molecule has 0 saturated heterocycles. The maximum atomic E-state index is 12.4. The number of unbranched alkanes of at least 4 members (excludes halogenated alkanes) is 2. The molecule has 3 aromatic carbocycles. The Bertz CT molecular complexity index is 1110. The lowest BCUT2D eigenvalue weighted by Crippen LogP contribution is -2.17. The monoisotopic (exact) mass is 486 g/mol. The summed E-state index contributed by atoms with van der Waals surface area (Å²) in [5, 5.41) is 8.29. The maximum absolute atomic E-state index is 12.4. The number of carbonyl (C=O) groups excluding carboxylic acids is 1. The third kappa shape index (κ3) is 9.25. The van der Waals surface area contributed by atoms with Gasteiger partial charge in [-0.1, -0.05) is 26.7 Å². The van der Waals surface area contributed by atoms with E-state index in [4.69, 9.17) is 9.47 Å². The van der Waals surface area contributed by atoms with Crippen LogP contribution in [0.4, 0.5) is 5.69 Å². The van der Waals surface area contributed by atoms with Crippen molar-refractivity contribution >= 4 is 24.0 Å². The zero-order valence-electron chi connectivity index (χ0n) is 20.9. The van der Waals surface area contributed by atoms with E-state index in [0.717, 1.165) is 60.6 Å². The van der Waals surface area contributed by atoms with E-state index in [1.807, 2.05) is 48.5 Å². The summed E-state index contributed by atoms with van der Waals surface area (Å²) in [6, 6.07) is 22.4. The van der Waals surface area contributed by atoms with Crippen LogP contribution in [0.5, 0.6) is 11.5 Å². The topological polar surface area (TPSA) is 84.3 Å². The van der Waals surface area contributed by atoms with Crippen molar-refractivity contribution in [3.63, 3.8) is 0 Å². The molecule has 0 fully saturated rings. The molecule has 0 aliphatic rings. The van der Waals surface area contributed by atoms with Crippen LogP contribution in [0.2, 0.25) is 0 Å². The Morgan fingerprint density at radius 1 is 0.722 bits per heavy atom. The number of hydrogen-bond donors (Lipinski definition) is 2. The summed E-state index contributed by atoms with van der Waals surface area (Å²) in [7, 11) is 0. The Balaban J connectivity index is 1.42. The van der Waals surface area contributed by atoms with Crippen LogP contribution in [0.1, 0.15) is 61.0 Å². The second-order valence-electron chi connectivity index (χ2n) is 8.19. The number of anilines is 1. The third-order valence-electron chi connectivity index (χ3n) is 5.23. The smallest absolute Gasteiger partial charge is 0.271 e. The Labute approximate surface area is 213 Å². The minimum absolute atomic E-state index is 0.290. The van der Waals surface area contributed by atoms with Crippen LogP contribution in [-0.2, 0) is 0 Å². The van der Waals surface area contributed by atoms with Crippen LogP contribution < -0.4 is 20.3 Å². The van der Waals surface area contributed by atoms with E-state index in [0.29, 0.717) is 12.2 Å². The predicted octanol–water partition coefficient (Wildman–Crippen LogP) is 6.25. The molecular formula is C29H34N4O3. The van der Waals surface area contributed by atoms with Crippen LogP contribution in [0, 0.1) is 0 Å². The molecule has 36 heavy (non-hydrogen) atoms. The van der Waals surface area contributed by atoms with Gasteiger partial charge in [0, 0.05) is 5.56 Å². The fourth-order valence-electron chi connectivity index (χ4n) is 3.08. The van der Waals surface area contributed by atoms with E-state index in [-0.39, 0.29) is 5.91 Å². The van der Waals surface area contributed by atoms with Crippen molar-refractivity contribution in [3.05, 3.63) is 89.5 Å². The predicted molar refractivity (Wildman–Crippen MR) is 146 cm³/mol. The highest BCUT2D eigenvalue weighted by molar-refractivity contribution is 5.95. The van der Waals surface area contributed by atoms with Gasteiger partial charge in [0.15, 0.2) is 0 Å². The molecule has 0 radical (unpaired) electrons. The Kier molecular flexibility index (Phi) is 11.0. The van der Waals surface area contributed by atoms with E-state index < -0.39 is 0 Å². The van der Waals surface area contributed by atoms with Crippen molar-refractivity contribution in [2.75, 3.05) is 18.6 Å². The molecule has 0 heterocycles. The first kappa shape index (κ1) is 26.5. The lowest BCUT2D eigenvalue weighted by Gasteiger charge is -2.05. The minimum Gasteiger partial charge on any atom is -0.494 e. The van der Waals surface area contributed by atoms with E-state index in [1.165, 1.54) is 0 Å². The molecule has 1 amide bonds. The fourth-order valence-corrected chi connectivity index (χ4v) is 3.08. The third-order valence-corrected chi connectivity index (χ3v) is 5.23. The second kappa shape index (κ2) is 15.0. The van der Waals surface area contributed by atoms with E-state index in [2.05, 4.69) is 34.9 Å². The Hall–Kier alpha value is -4.13. The SMILES string of the molecule is CCCCOc1ccc(/C=N\NC(=O)c2ccc(N/N=C\c3ccc(OCCCC)cc3)cc2)cc1. The van der Waals surface area contributed by atoms with Gasteiger partial charge in [0.05, 0.1) is 31.3 Å². The number of amides is 1. The van der Waals surface area contributed by atoms with Crippen molar-refractivity contribution < 1.29 is 14.3 Å². The normalized spacial score (nSPS) is 11.1. The molecule has 2 N–H and O–H groups in total. The molecule has 7 heteroatoms. The van der Waals surface area contributed by atoms with Crippen LogP contribution >= 0.6 is 0 Å². The van der Waals surface area contributed by atoms with Crippen LogP contribution in [0.3, 0.4) is 0 Å². The minimum atomic E-state index is -0.290. The van der Waals surface area contributed by atoms with E-state index in [9.17, 15) is 4.79 Å². The number of benzene rings is 3. The van der Waals surface area contributed by atoms with Gasteiger partial charge in [-0.3, -0.25) is 10.2 Å². The number of ether oxygens (including phenoxy) is 2. The first-order valence-electron chi connectivity index (χ1n) is 12.4. The summed E-state index contributed by atoms with van der Waals surface area (Å²) >= 11 is 0. The van der Waals surface area contributed by atoms with Gasteiger partial charge in [-0.05, 0) is 96.8 Å². The molecule has 0 spiro atoms. The molecule has 0 bridgehead atoms. The molecule has 0 aromatic heterocycles. The van der Waals surface area contributed by atoms with Crippen molar-refractivity contribution in [1.29, 1.82) is 0 Å². The quantitative estimate of drug-likeness (QED) is 0.160. The second-order valence-corrected chi connectivity index (χ2v) is 8.19. The van der Waals surface area contributed by atoms with E-state index in [1.54, 1.807) is 36.7 Å². The van der Waals surface area contributed by atoms with Crippen molar-refractivity contribution in [3.8, 4) is 11.5 Å². The average Bonchev–Trinajstić information content (AvgIpc) is 2.91. The lowest BCUT2D eigenvalue weighted by molar-refractivity contribution is 0.0955. The zero-order valence-corrected chi connectivity index (χ0v) is 20.9. The summed E-state index contributed by atoms with van der Waals surface area (Å²) in [4.78, 5) is 12.4. The summed E-state index contributed by atoms with van der Waals surface area (Å²) in [6.07, 6.45) is 7.62. The molecule has 3 aromatic rings. The van der Waals surface area contributed by atoms with Gasteiger partial charge >= 0.3 is 0 Å². The first-order chi connectivity index (χ1) is 17.7. The van der Waals surface area contributed by atoms with Crippen LogP contribution in [0.15, 0.2) is 83.0 Å². The van der Waals surface area contributed by atoms with Crippen LogP contribution in [0.25, 0.3) is 0 Å². The molecular weight excluding hydrogens is 452 g/mol. The van der Waals surface area contributed by atoms with Crippen molar-refractivity contribution in [2.24, 2.45) is 10.2 Å². The molecule has 3 rings (SSSR count). The van der Waals surface area contributed by atoms with Gasteiger partial charge in [-0.2, -0.15) is 10.2 Å². The molecule has 0 unspecified atom stereocenters. The molecule has 0 atom stereocenters. The standard InChI is InChI=1S/C29H34N4O3/c1-3-5-19-35-27-15-7-23(8-16-27)21-30-32-26-13-11-25(12-14-26)29(34)33-31-22-24-9-17-28(18-10-24)36-20-6-4-2/h7-18,21-22,32H,3-6,19-20H2,1-2H3,(H,33,34)/b30-21-,31-22-. The van der Waals surface area contributed by atoms with E-state index >= 15 is 0 Å². The Morgan fingerprint density at radius 3 is 1.72 bits per heavy atom. The van der Waals surface area contributed by atoms with Gasteiger partial charge in [0.2, 0.25) is 0 Å². The molecule has 0 aliphatic carbocycles. The maximum Gasteiger partial charge on any atom is 0.271 e. The molecule has 7 nitrogen and oxygen atoms in total. The van der Waals surface area contributed by atoms with Gasteiger partial charge in [-0.15, -0.1) is 0 Å². The summed E-state index contributed by atoms with van der Waals surface area (Å²) in [5.41, 5.74) is 8.61. The van der Waals surface area contributed by atoms with Crippen LogP contribution in [-0.4, -0.2) is 31.6 Å². The highest BCUT2D eigenvalue weighted by Gasteiger charge is 2.04. The van der Waals surface area contributed by atoms with Crippen molar-refractivity contribution in [2.45, 2.75) is 39.5 Å². The number of rotatable bonds is 14. The van der Waals surface area contributed by atoms with Crippen molar-refractivity contribution in [1.82, 2.24) is 5.43 Å². The molecule has 0 aliphatic heterocycles.